The van der Waals surface area contributed by atoms with Crippen LogP contribution >= 0.6 is 35.0 Å². The smallest absolute Gasteiger partial charge is 0.410 e. The summed E-state index contributed by atoms with van der Waals surface area (Å²) in [5.41, 5.74) is 7.78. The van der Waals surface area contributed by atoms with Crippen LogP contribution in [0.3, 0.4) is 0 Å². The Hall–Kier alpha value is -3.55. The summed E-state index contributed by atoms with van der Waals surface area (Å²) in [5.74, 6) is 7.80. The fourth-order valence-electron chi connectivity index (χ4n) is 9.99. The highest BCUT2D eigenvalue weighted by atomic mass is 127. The van der Waals surface area contributed by atoms with Crippen molar-refractivity contribution in [3.63, 3.8) is 0 Å². The molecular formula is C53H80ClFIN9O3Si. The van der Waals surface area contributed by atoms with Crippen molar-refractivity contribution in [2.45, 2.75) is 162 Å². The third kappa shape index (κ3) is 15.5. The van der Waals surface area contributed by atoms with E-state index in [0.717, 1.165) is 109 Å². The molecule has 6 unspecified atom stereocenters. The van der Waals surface area contributed by atoms with E-state index in [1.807, 2.05) is 38.7 Å². The number of ether oxygens (including phenoxy) is 2. The molecule has 10 heterocycles. The summed E-state index contributed by atoms with van der Waals surface area (Å²) >= 11 is 2.11. The zero-order chi connectivity index (χ0) is 47.3. The van der Waals surface area contributed by atoms with Crippen LogP contribution in [-0.2, 0) is 9.47 Å². The first-order valence-corrected chi connectivity index (χ1v) is 28.5. The molecule has 69 heavy (non-hydrogen) atoms. The molecule has 0 saturated carbocycles. The van der Waals surface area contributed by atoms with Crippen LogP contribution in [0.25, 0.3) is 0 Å². The number of piperazine rings is 3. The van der Waals surface area contributed by atoms with Crippen molar-refractivity contribution in [2.24, 2.45) is 0 Å². The summed E-state index contributed by atoms with van der Waals surface area (Å²) in [4.78, 5) is 34.6. The summed E-state index contributed by atoms with van der Waals surface area (Å²) in [6.45, 7) is 26.4. The average molecular weight is 1100 g/mol. The molecule has 7 aliphatic heterocycles. The van der Waals surface area contributed by atoms with Crippen LogP contribution in [-0.4, -0.2) is 139 Å². The maximum Gasteiger partial charge on any atom is 0.410 e. The number of carbonyl (C=O) groups excluding carboxylic acids is 1. The number of nitrogens with one attached hydrogen (secondary N) is 2. The van der Waals surface area contributed by atoms with Crippen molar-refractivity contribution in [1.29, 1.82) is 0 Å². The van der Waals surface area contributed by atoms with Gasteiger partial charge in [-0.25, -0.2) is 19.7 Å². The fraction of sp³-hybridized carbons (Fsp3) is 0.623. The van der Waals surface area contributed by atoms with E-state index in [-0.39, 0.29) is 39.0 Å². The van der Waals surface area contributed by atoms with E-state index in [2.05, 4.69) is 115 Å². The maximum absolute atomic E-state index is 12.2. The number of hydrogen-bond acceptors (Lipinski definition) is 11. The zero-order valence-electron chi connectivity index (χ0n) is 41.0. The predicted molar refractivity (Wildman–Crippen MR) is 294 cm³/mol. The van der Waals surface area contributed by atoms with E-state index in [9.17, 15) is 9.18 Å². The van der Waals surface area contributed by atoms with Crippen molar-refractivity contribution in [3.05, 3.63) is 74.1 Å². The SMILES string of the molecule is C.C.C#Cc1ccc(N2CC3CCC(C2)N3C2COC2)nc1C.CC(C)(C)OC(=O)N1C2CCC1CNC2.Cc1nc(F)ccc1I.Cc1nc(N2CC3CCC(C2)N3)ccc1C#C[Si](C)(C)C.Cl. The standard InChI is InChI=1S/C17H21N3O.C17H25N3Si.C11H20N2O2.C6H5FIN.2CH4.ClH/c1-3-13-4-7-17(18-12(13)2)19-8-14-5-6-15(9-19)20(14)16-10-21-11-16;1-13-14(9-10-21(2,3)4)5-8-17(18-13)20-11-15-6-7-16(12-20)19-15;1-11(2,3)15-10(14)13-8-4-5-9(13)7-12-6-8;1-4-5(8)2-3-6(7)9-4;;;/h1,4,7,14-16H,5-6,8-11H2,2H3;5,8,15-16,19H,6-7,11-12H2,1-4H3;8-9,12H,4-7H2,1-3H3;2-3H,1H3;2*1H4;1H. The van der Waals surface area contributed by atoms with Gasteiger partial charge in [0.05, 0.1) is 36.3 Å². The lowest BCUT2D eigenvalue weighted by Crippen LogP contribution is -2.62. The Morgan fingerprint density at radius 2 is 1.29 bits per heavy atom. The number of terminal acetylenes is 1. The van der Waals surface area contributed by atoms with Gasteiger partial charge in [-0.15, -0.1) is 24.4 Å². The number of anilines is 2. The lowest BCUT2D eigenvalue weighted by atomic mass is 10.1. The molecule has 0 spiro atoms. The third-order valence-corrected chi connectivity index (χ3v) is 15.3. The highest BCUT2D eigenvalue weighted by Crippen LogP contribution is 2.36. The zero-order valence-corrected chi connectivity index (χ0v) is 45.0. The lowest BCUT2D eigenvalue weighted by Gasteiger charge is -2.48. The van der Waals surface area contributed by atoms with Gasteiger partial charge in [-0.05, 0) is 139 Å². The lowest BCUT2D eigenvalue weighted by molar-refractivity contribution is -0.0850. The summed E-state index contributed by atoms with van der Waals surface area (Å²) in [7, 11) is -1.33. The van der Waals surface area contributed by atoms with Crippen molar-refractivity contribution < 1.29 is 18.7 Å². The van der Waals surface area contributed by atoms with Gasteiger partial charge >= 0.3 is 6.09 Å². The molecule has 3 aromatic heterocycles. The number of rotatable bonds is 3. The Morgan fingerprint density at radius 3 is 1.74 bits per heavy atom. The van der Waals surface area contributed by atoms with Crippen LogP contribution in [0.5, 0.6) is 0 Å². The van der Waals surface area contributed by atoms with Gasteiger partial charge in [0.1, 0.15) is 25.3 Å². The molecule has 380 valence electrons. The summed E-state index contributed by atoms with van der Waals surface area (Å²) in [6, 6.07) is 15.4. The van der Waals surface area contributed by atoms with Gasteiger partial charge < -0.3 is 29.9 Å². The Morgan fingerprint density at radius 1 is 0.768 bits per heavy atom. The highest BCUT2D eigenvalue weighted by Gasteiger charge is 2.46. The van der Waals surface area contributed by atoms with Gasteiger partial charge in [-0.1, -0.05) is 46.3 Å². The fourth-order valence-corrected chi connectivity index (χ4v) is 10.8. The average Bonchev–Trinajstić information content (AvgIpc) is 3.80. The first-order valence-electron chi connectivity index (χ1n) is 23.9. The first-order chi connectivity index (χ1) is 31.3. The molecule has 7 aliphatic rings. The molecule has 0 aliphatic carbocycles. The van der Waals surface area contributed by atoms with Crippen molar-refractivity contribution in [1.82, 2.24) is 35.4 Å². The minimum Gasteiger partial charge on any atom is -0.444 e. The van der Waals surface area contributed by atoms with Crippen molar-refractivity contribution >= 4 is 60.8 Å². The van der Waals surface area contributed by atoms with Crippen LogP contribution < -0.4 is 20.4 Å². The van der Waals surface area contributed by atoms with Crippen molar-refractivity contribution in [3.8, 4) is 23.8 Å². The normalized spacial score (nSPS) is 24.3. The number of amides is 1. The molecule has 1 amide bonds. The van der Waals surface area contributed by atoms with Gasteiger partial charge in [0.2, 0.25) is 5.95 Å². The number of nitrogens with zero attached hydrogens (tertiary/aromatic N) is 7. The Balaban J connectivity index is 0.000000205. The van der Waals surface area contributed by atoms with Crippen LogP contribution in [0.2, 0.25) is 19.6 Å². The molecule has 7 saturated heterocycles. The van der Waals surface area contributed by atoms with E-state index in [0.29, 0.717) is 42.3 Å². The molecule has 3 aromatic rings. The van der Waals surface area contributed by atoms with Crippen LogP contribution in [0.4, 0.5) is 20.8 Å². The number of carbonyl (C=O) groups is 1. The second-order valence-electron chi connectivity index (χ2n) is 20.9. The first kappa shape index (κ1) is 58.0. The van der Waals surface area contributed by atoms with E-state index < -0.39 is 14.0 Å². The van der Waals surface area contributed by atoms with Gasteiger partial charge in [0.15, 0.2) is 0 Å². The molecule has 12 nitrogen and oxygen atoms in total. The molecule has 7 fully saturated rings. The van der Waals surface area contributed by atoms with E-state index in [1.54, 1.807) is 13.0 Å². The molecule has 0 aromatic carbocycles. The quantitative estimate of drug-likeness (QED) is 0.113. The molecule has 0 radical (unpaired) electrons. The molecule has 16 heteroatoms. The minimum atomic E-state index is -1.33. The Labute approximate surface area is 435 Å². The Kier molecular flexibility index (Phi) is 21.2. The summed E-state index contributed by atoms with van der Waals surface area (Å²) in [6.07, 6.45) is 12.8. The highest BCUT2D eigenvalue weighted by molar-refractivity contribution is 14.1. The number of aromatic nitrogens is 3. The monoisotopic (exact) mass is 1100 g/mol. The third-order valence-electron chi connectivity index (χ3n) is 13.3. The van der Waals surface area contributed by atoms with Crippen molar-refractivity contribution in [2.75, 3.05) is 62.3 Å². The van der Waals surface area contributed by atoms with Gasteiger partial charge in [-0.2, -0.15) is 4.39 Å². The van der Waals surface area contributed by atoms with Gasteiger partial charge in [0.25, 0.3) is 0 Å². The van der Waals surface area contributed by atoms with E-state index in [4.69, 9.17) is 25.9 Å². The summed E-state index contributed by atoms with van der Waals surface area (Å²) < 4.78 is 24.0. The van der Waals surface area contributed by atoms with E-state index in [1.165, 1.54) is 31.7 Å². The van der Waals surface area contributed by atoms with Crippen LogP contribution in [0.1, 0.15) is 102 Å². The Bertz CT molecular complexity index is 2250. The molecule has 6 atom stereocenters. The topological polar surface area (TPSA) is 111 Å². The molecule has 2 N–H and O–H groups in total. The second-order valence-corrected chi connectivity index (χ2v) is 26.8. The molecule has 6 bridgehead atoms. The number of aryl methyl sites for hydroxylation is 3. The molecular weight excluding hydrogens is 1020 g/mol. The van der Waals surface area contributed by atoms with E-state index >= 15 is 0 Å². The molecule has 10 rings (SSSR count). The number of fused-ring (bicyclic) bond motifs is 6. The van der Waals surface area contributed by atoms with Gasteiger partial charge in [0, 0.05) is 90.2 Å². The number of halogens is 3. The minimum absolute atomic E-state index is 0. The maximum atomic E-state index is 12.2. The number of hydrogen-bond donors (Lipinski definition) is 2. The largest absolute Gasteiger partial charge is 0.444 e. The summed E-state index contributed by atoms with van der Waals surface area (Å²) in [5, 5.41) is 7.01. The second kappa shape index (κ2) is 25.2. The predicted octanol–water partition coefficient (Wildman–Crippen LogP) is 9.17. The van der Waals surface area contributed by atoms with Crippen LogP contribution in [0, 0.1) is 54.1 Å². The van der Waals surface area contributed by atoms with Gasteiger partial charge in [-0.3, -0.25) is 9.80 Å². The number of pyridine rings is 3. The van der Waals surface area contributed by atoms with Crippen LogP contribution in [0.15, 0.2) is 36.4 Å².